The van der Waals surface area contributed by atoms with Crippen molar-refractivity contribution in [3.63, 3.8) is 0 Å². The standard InChI is InChI=1S/C10H9BrFNO/c1-10(2,13-6-14)9-7(11)4-3-5-8(9)12/h3-5H,1-2H3. The largest absolute Gasteiger partial charge is 0.235 e. The highest BCUT2D eigenvalue weighted by molar-refractivity contribution is 9.10. The van der Waals surface area contributed by atoms with Crippen molar-refractivity contribution in [2.45, 2.75) is 19.4 Å². The van der Waals surface area contributed by atoms with Gasteiger partial charge in [0.1, 0.15) is 5.82 Å². The van der Waals surface area contributed by atoms with Crippen LogP contribution in [0.2, 0.25) is 0 Å². The van der Waals surface area contributed by atoms with Crippen LogP contribution in [0.15, 0.2) is 27.7 Å². The number of halogens is 2. The fourth-order valence-electron chi connectivity index (χ4n) is 1.25. The lowest BCUT2D eigenvalue weighted by atomic mass is 9.95. The van der Waals surface area contributed by atoms with Gasteiger partial charge in [-0.15, -0.1) is 0 Å². The molecule has 0 unspecified atom stereocenters. The summed E-state index contributed by atoms with van der Waals surface area (Å²) in [7, 11) is 0. The number of nitrogens with zero attached hydrogens (tertiary/aromatic N) is 1. The molecule has 4 heteroatoms. The van der Waals surface area contributed by atoms with E-state index in [1.165, 1.54) is 12.1 Å². The Kier molecular flexibility index (Phi) is 3.19. The molecule has 0 aliphatic heterocycles. The van der Waals surface area contributed by atoms with Crippen LogP contribution in [0.5, 0.6) is 0 Å². The first-order valence-corrected chi connectivity index (χ1v) is 4.82. The van der Waals surface area contributed by atoms with Gasteiger partial charge in [0, 0.05) is 10.0 Å². The molecule has 0 N–H and O–H groups in total. The Bertz CT molecular complexity index is 377. The summed E-state index contributed by atoms with van der Waals surface area (Å²) in [4.78, 5) is 13.8. The van der Waals surface area contributed by atoms with Crippen molar-refractivity contribution >= 4 is 22.0 Å². The van der Waals surface area contributed by atoms with Gasteiger partial charge < -0.3 is 0 Å². The molecule has 0 fully saturated rings. The Morgan fingerprint density at radius 3 is 2.64 bits per heavy atom. The summed E-state index contributed by atoms with van der Waals surface area (Å²) in [6, 6.07) is 4.63. The topological polar surface area (TPSA) is 29.4 Å². The van der Waals surface area contributed by atoms with Gasteiger partial charge in [-0.2, -0.15) is 4.99 Å². The van der Waals surface area contributed by atoms with Crippen molar-refractivity contribution in [1.82, 2.24) is 0 Å². The van der Waals surface area contributed by atoms with E-state index in [1.54, 1.807) is 26.0 Å². The molecule has 0 saturated heterocycles. The second-order valence-corrected chi connectivity index (χ2v) is 4.21. The molecule has 0 heterocycles. The van der Waals surface area contributed by atoms with E-state index in [4.69, 9.17) is 0 Å². The van der Waals surface area contributed by atoms with Gasteiger partial charge in [-0.25, -0.2) is 9.18 Å². The monoisotopic (exact) mass is 257 g/mol. The molecule has 1 aromatic carbocycles. The zero-order valence-corrected chi connectivity index (χ0v) is 9.43. The van der Waals surface area contributed by atoms with E-state index in [2.05, 4.69) is 20.9 Å². The molecule has 1 rings (SSSR count). The molecule has 0 aliphatic rings. The lowest BCUT2D eigenvalue weighted by molar-refractivity contribution is 0.489. The fraction of sp³-hybridized carbons (Fsp3) is 0.300. The first-order chi connectivity index (χ1) is 6.49. The maximum absolute atomic E-state index is 13.4. The van der Waals surface area contributed by atoms with E-state index in [9.17, 15) is 9.18 Å². The molecular weight excluding hydrogens is 249 g/mol. The van der Waals surface area contributed by atoms with E-state index in [0.29, 0.717) is 10.0 Å². The zero-order valence-electron chi connectivity index (χ0n) is 7.84. The number of aliphatic imine (C=N–C) groups is 1. The summed E-state index contributed by atoms with van der Waals surface area (Å²) in [5.74, 6) is -0.386. The van der Waals surface area contributed by atoms with E-state index in [1.807, 2.05) is 0 Å². The maximum atomic E-state index is 13.4. The molecule has 1 aromatic rings. The summed E-state index contributed by atoms with van der Waals surface area (Å²) in [5.41, 5.74) is -0.533. The SMILES string of the molecule is CC(C)(N=C=O)c1c(F)cccc1Br. The van der Waals surface area contributed by atoms with Crippen LogP contribution in [0.1, 0.15) is 19.4 Å². The molecule has 14 heavy (non-hydrogen) atoms. The fourth-order valence-corrected chi connectivity index (χ4v) is 2.08. The molecule has 0 atom stereocenters. The van der Waals surface area contributed by atoms with Gasteiger partial charge in [0.25, 0.3) is 0 Å². The van der Waals surface area contributed by atoms with E-state index in [0.717, 1.165) is 0 Å². The van der Waals surface area contributed by atoms with Crippen LogP contribution < -0.4 is 0 Å². The Hall–Kier alpha value is -0.990. The molecule has 0 spiro atoms. The van der Waals surface area contributed by atoms with Gasteiger partial charge in [-0.05, 0) is 26.0 Å². The molecule has 2 nitrogen and oxygen atoms in total. The van der Waals surface area contributed by atoms with Crippen molar-refractivity contribution in [3.8, 4) is 0 Å². The van der Waals surface area contributed by atoms with E-state index in [-0.39, 0.29) is 5.82 Å². The van der Waals surface area contributed by atoms with E-state index >= 15 is 0 Å². The van der Waals surface area contributed by atoms with Gasteiger partial charge >= 0.3 is 0 Å². The van der Waals surface area contributed by atoms with Crippen molar-refractivity contribution < 1.29 is 9.18 Å². The number of rotatable bonds is 2. The van der Waals surface area contributed by atoms with Crippen molar-refractivity contribution in [1.29, 1.82) is 0 Å². The first kappa shape index (κ1) is 11.1. The summed E-state index contributed by atoms with van der Waals surface area (Å²) in [6.07, 6.45) is 1.45. The van der Waals surface area contributed by atoms with Gasteiger partial charge in [-0.3, -0.25) is 0 Å². The Morgan fingerprint density at radius 1 is 1.50 bits per heavy atom. The molecule has 0 aliphatic carbocycles. The number of benzene rings is 1. The van der Waals surface area contributed by atoms with Gasteiger partial charge in [0.05, 0.1) is 5.54 Å². The minimum atomic E-state index is -0.897. The Balaban J connectivity index is 3.37. The highest BCUT2D eigenvalue weighted by Gasteiger charge is 2.25. The van der Waals surface area contributed by atoms with Gasteiger partial charge in [0.2, 0.25) is 6.08 Å². The molecule has 0 bridgehead atoms. The third kappa shape index (κ3) is 2.08. The van der Waals surface area contributed by atoms with E-state index < -0.39 is 5.54 Å². The molecule has 0 amide bonds. The van der Waals surface area contributed by atoms with Crippen molar-refractivity contribution in [3.05, 3.63) is 34.1 Å². The van der Waals surface area contributed by atoms with Crippen molar-refractivity contribution in [2.75, 3.05) is 0 Å². The van der Waals surface area contributed by atoms with Crippen molar-refractivity contribution in [2.24, 2.45) is 4.99 Å². The average molecular weight is 258 g/mol. The molecule has 0 radical (unpaired) electrons. The van der Waals surface area contributed by atoms with Gasteiger partial charge in [0.15, 0.2) is 0 Å². The summed E-state index contributed by atoms with van der Waals surface area (Å²) >= 11 is 3.22. The van der Waals surface area contributed by atoms with Crippen LogP contribution in [0, 0.1) is 5.82 Å². The van der Waals surface area contributed by atoms with Crippen LogP contribution in [-0.4, -0.2) is 6.08 Å². The minimum absolute atomic E-state index is 0.364. The number of isocyanates is 1. The van der Waals surface area contributed by atoms with Crippen LogP contribution in [-0.2, 0) is 10.3 Å². The average Bonchev–Trinajstić information content (AvgIpc) is 2.02. The summed E-state index contributed by atoms with van der Waals surface area (Å²) < 4.78 is 14.0. The second-order valence-electron chi connectivity index (χ2n) is 3.36. The third-order valence-electron chi connectivity index (χ3n) is 1.90. The predicted molar refractivity (Wildman–Crippen MR) is 55.2 cm³/mol. The summed E-state index contributed by atoms with van der Waals surface area (Å²) in [6.45, 7) is 3.31. The third-order valence-corrected chi connectivity index (χ3v) is 2.56. The van der Waals surface area contributed by atoms with Crippen LogP contribution in [0.3, 0.4) is 0 Å². The molecule has 74 valence electrons. The number of carbonyl (C=O) groups excluding carboxylic acids is 1. The summed E-state index contributed by atoms with van der Waals surface area (Å²) in [5, 5.41) is 0. The highest BCUT2D eigenvalue weighted by atomic mass is 79.9. The number of hydrogen-bond acceptors (Lipinski definition) is 2. The Morgan fingerprint density at radius 2 is 2.14 bits per heavy atom. The Labute approximate surface area is 90.0 Å². The second kappa shape index (κ2) is 4.03. The lowest BCUT2D eigenvalue weighted by Gasteiger charge is -2.20. The molecular formula is C10H9BrFNO. The lowest BCUT2D eigenvalue weighted by Crippen LogP contribution is -2.16. The molecule has 0 saturated carbocycles. The number of hydrogen-bond donors (Lipinski definition) is 0. The van der Waals surface area contributed by atoms with Crippen LogP contribution in [0.25, 0.3) is 0 Å². The first-order valence-electron chi connectivity index (χ1n) is 4.02. The molecule has 0 aromatic heterocycles. The smallest absolute Gasteiger partial charge is 0.211 e. The quantitative estimate of drug-likeness (QED) is 0.591. The van der Waals surface area contributed by atoms with Gasteiger partial charge in [-0.1, -0.05) is 22.0 Å². The zero-order chi connectivity index (χ0) is 10.8. The highest BCUT2D eigenvalue weighted by Crippen LogP contribution is 2.32. The van der Waals surface area contributed by atoms with Crippen LogP contribution in [0.4, 0.5) is 4.39 Å². The normalized spacial score (nSPS) is 10.9. The minimum Gasteiger partial charge on any atom is -0.211 e. The maximum Gasteiger partial charge on any atom is 0.235 e. The predicted octanol–water partition coefficient (Wildman–Crippen LogP) is 3.16. The van der Waals surface area contributed by atoms with Crippen LogP contribution >= 0.6 is 15.9 Å².